The molecule has 0 saturated carbocycles. The highest BCUT2D eigenvalue weighted by molar-refractivity contribution is 7.90. The third-order valence-corrected chi connectivity index (χ3v) is 4.17. The molecule has 0 aliphatic carbocycles. The van der Waals surface area contributed by atoms with Crippen molar-refractivity contribution in [2.24, 2.45) is 5.92 Å². The highest BCUT2D eigenvalue weighted by Crippen LogP contribution is 2.12. The van der Waals surface area contributed by atoms with Gasteiger partial charge in [0.2, 0.25) is 0 Å². The lowest BCUT2D eigenvalue weighted by atomic mass is 10.0. The average Bonchev–Trinajstić information content (AvgIpc) is 2.44. The molecule has 1 unspecified atom stereocenters. The zero-order valence-electron chi connectivity index (χ0n) is 13.1. The number of carbonyl (C=O) groups is 2. The van der Waals surface area contributed by atoms with Gasteiger partial charge in [-0.15, -0.1) is 0 Å². The normalized spacial score (nSPS) is 12.8. The predicted octanol–water partition coefficient (Wildman–Crippen LogP) is 1.41. The summed E-state index contributed by atoms with van der Waals surface area (Å²) in [5.74, 6) is -0.747. The van der Waals surface area contributed by atoms with Crippen LogP contribution in [0.3, 0.4) is 0 Å². The van der Waals surface area contributed by atoms with E-state index in [9.17, 15) is 18.0 Å². The van der Waals surface area contributed by atoms with E-state index in [0.717, 1.165) is 6.26 Å². The van der Waals surface area contributed by atoms with Gasteiger partial charge in [-0.2, -0.15) is 0 Å². The van der Waals surface area contributed by atoms with Crippen molar-refractivity contribution in [1.29, 1.82) is 0 Å². The van der Waals surface area contributed by atoms with Crippen molar-refractivity contribution >= 4 is 21.7 Å². The van der Waals surface area contributed by atoms with Crippen molar-refractivity contribution in [3.05, 3.63) is 29.8 Å². The summed E-state index contributed by atoms with van der Waals surface area (Å²) in [5, 5.41) is 2.61. The minimum Gasteiger partial charge on any atom is -0.467 e. The number of amides is 1. The van der Waals surface area contributed by atoms with Crippen LogP contribution in [0.4, 0.5) is 0 Å². The first-order valence-electron chi connectivity index (χ1n) is 6.84. The zero-order chi connectivity index (χ0) is 16.9. The van der Waals surface area contributed by atoms with Gasteiger partial charge >= 0.3 is 5.97 Å². The van der Waals surface area contributed by atoms with Gasteiger partial charge in [-0.25, -0.2) is 13.2 Å². The average molecular weight is 327 g/mol. The van der Waals surface area contributed by atoms with Gasteiger partial charge in [-0.3, -0.25) is 4.79 Å². The van der Waals surface area contributed by atoms with E-state index in [2.05, 4.69) is 10.1 Å². The van der Waals surface area contributed by atoms with Gasteiger partial charge in [0.25, 0.3) is 5.91 Å². The number of ether oxygens (including phenoxy) is 1. The van der Waals surface area contributed by atoms with E-state index in [4.69, 9.17) is 0 Å². The Hall–Kier alpha value is -1.89. The second-order valence-corrected chi connectivity index (χ2v) is 7.49. The Kier molecular flexibility index (Phi) is 6.11. The molecule has 0 aromatic heterocycles. The molecule has 0 heterocycles. The smallest absolute Gasteiger partial charge is 0.328 e. The van der Waals surface area contributed by atoms with Gasteiger partial charge in [-0.05, 0) is 36.6 Å². The third-order valence-electron chi connectivity index (χ3n) is 3.04. The fourth-order valence-electron chi connectivity index (χ4n) is 1.92. The van der Waals surface area contributed by atoms with E-state index < -0.39 is 27.8 Å². The molecule has 1 atom stereocenters. The van der Waals surface area contributed by atoms with Crippen molar-refractivity contribution < 1.29 is 22.7 Å². The summed E-state index contributed by atoms with van der Waals surface area (Å²) in [4.78, 5) is 24.0. The number of carbonyl (C=O) groups excluding carboxylic acids is 2. The van der Waals surface area contributed by atoms with Crippen LogP contribution in [-0.4, -0.2) is 39.7 Å². The van der Waals surface area contributed by atoms with E-state index in [-0.39, 0.29) is 16.4 Å². The van der Waals surface area contributed by atoms with Crippen LogP contribution in [0.2, 0.25) is 0 Å². The molecule has 1 N–H and O–H groups in total. The lowest BCUT2D eigenvalue weighted by Gasteiger charge is -2.18. The predicted molar refractivity (Wildman–Crippen MR) is 82.3 cm³/mol. The maximum absolute atomic E-state index is 12.1. The molecule has 122 valence electrons. The fraction of sp³-hybridized carbons (Fsp3) is 0.467. The number of nitrogens with one attached hydrogen (secondary N) is 1. The lowest BCUT2D eigenvalue weighted by Crippen LogP contribution is -2.42. The van der Waals surface area contributed by atoms with Gasteiger partial charge in [0.05, 0.1) is 12.0 Å². The Morgan fingerprint density at radius 2 is 1.73 bits per heavy atom. The van der Waals surface area contributed by atoms with E-state index in [0.29, 0.717) is 6.42 Å². The van der Waals surface area contributed by atoms with Crippen LogP contribution in [-0.2, 0) is 19.4 Å². The van der Waals surface area contributed by atoms with Crippen LogP contribution < -0.4 is 5.32 Å². The Morgan fingerprint density at radius 1 is 1.18 bits per heavy atom. The summed E-state index contributed by atoms with van der Waals surface area (Å²) in [6.45, 7) is 3.87. The number of sulfone groups is 1. The molecule has 1 rings (SSSR count). The first-order valence-corrected chi connectivity index (χ1v) is 8.73. The van der Waals surface area contributed by atoms with E-state index in [1.807, 2.05) is 13.8 Å². The number of hydrogen-bond acceptors (Lipinski definition) is 5. The SMILES string of the molecule is COC(=O)C(CC(C)C)NC(=O)c1ccc(S(C)(=O)=O)cc1. The van der Waals surface area contributed by atoms with Crippen molar-refractivity contribution in [3.63, 3.8) is 0 Å². The number of esters is 1. The number of rotatable bonds is 6. The molecular weight excluding hydrogens is 306 g/mol. The summed E-state index contributed by atoms with van der Waals surface area (Å²) in [7, 11) is -2.04. The van der Waals surface area contributed by atoms with Crippen molar-refractivity contribution in [3.8, 4) is 0 Å². The zero-order valence-corrected chi connectivity index (χ0v) is 13.9. The van der Waals surface area contributed by atoms with Crippen molar-refractivity contribution in [2.45, 2.75) is 31.2 Å². The Morgan fingerprint density at radius 3 is 2.14 bits per heavy atom. The monoisotopic (exact) mass is 327 g/mol. The number of methoxy groups -OCH3 is 1. The third kappa shape index (κ3) is 5.14. The highest BCUT2D eigenvalue weighted by atomic mass is 32.2. The van der Waals surface area contributed by atoms with Gasteiger partial charge in [0.15, 0.2) is 9.84 Å². The molecule has 1 aromatic carbocycles. The van der Waals surface area contributed by atoms with Gasteiger partial charge in [-0.1, -0.05) is 13.8 Å². The molecule has 0 bridgehead atoms. The van der Waals surface area contributed by atoms with Crippen LogP contribution >= 0.6 is 0 Å². The number of hydrogen-bond donors (Lipinski definition) is 1. The van der Waals surface area contributed by atoms with Crippen LogP contribution in [0.5, 0.6) is 0 Å². The summed E-state index contributed by atoms with van der Waals surface area (Å²) >= 11 is 0. The standard InChI is InChI=1S/C15H21NO5S/c1-10(2)9-13(15(18)21-3)16-14(17)11-5-7-12(8-6-11)22(4,19)20/h5-8,10,13H,9H2,1-4H3,(H,16,17). The van der Waals surface area contributed by atoms with Crippen LogP contribution in [0.1, 0.15) is 30.6 Å². The highest BCUT2D eigenvalue weighted by Gasteiger charge is 2.23. The Bertz CT molecular complexity index is 634. The molecule has 1 amide bonds. The minimum atomic E-state index is -3.31. The molecule has 0 aliphatic heterocycles. The quantitative estimate of drug-likeness (QED) is 0.798. The first-order chi connectivity index (χ1) is 10.1. The topological polar surface area (TPSA) is 89.5 Å². The molecule has 6 nitrogen and oxygen atoms in total. The molecule has 0 saturated heterocycles. The number of benzene rings is 1. The van der Waals surface area contributed by atoms with Gasteiger partial charge < -0.3 is 10.1 Å². The molecule has 22 heavy (non-hydrogen) atoms. The van der Waals surface area contributed by atoms with E-state index in [1.54, 1.807) is 0 Å². The summed E-state index contributed by atoms with van der Waals surface area (Å²) in [6.07, 6.45) is 1.55. The lowest BCUT2D eigenvalue weighted by molar-refractivity contribution is -0.143. The second-order valence-electron chi connectivity index (χ2n) is 5.48. The van der Waals surface area contributed by atoms with E-state index in [1.165, 1.54) is 31.4 Å². The molecule has 7 heteroatoms. The van der Waals surface area contributed by atoms with Crippen LogP contribution in [0.15, 0.2) is 29.2 Å². The molecule has 0 radical (unpaired) electrons. The maximum atomic E-state index is 12.1. The maximum Gasteiger partial charge on any atom is 0.328 e. The van der Waals surface area contributed by atoms with Crippen LogP contribution in [0.25, 0.3) is 0 Å². The molecule has 0 fully saturated rings. The fourth-order valence-corrected chi connectivity index (χ4v) is 2.55. The molecule has 0 spiro atoms. The second kappa shape index (κ2) is 7.40. The van der Waals surface area contributed by atoms with Gasteiger partial charge in [0, 0.05) is 11.8 Å². The summed E-state index contributed by atoms with van der Waals surface area (Å²) < 4.78 is 27.4. The summed E-state index contributed by atoms with van der Waals surface area (Å²) in [6, 6.07) is 4.82. The summed E-state index contributed by atoms with van der Waals surface area (Å²) in [5.41, 5.74) is 0.282. The largest absolute Gasteiger partial charge is 0.467 e. The molecular formula is C15H21NO5S. The van der Waals surface area contributed by atoms with Crippen molar-refractivity contribution in [1.82, 2.24) is 5.32 Å². The Labute approximate surface area is 130 Å². The van der Waals surface area contributed by atoms with Gasteiger partial charge in [0.1, 0.15) is 6.04 Å². The van der Waals surface area contributed by atoms with Crippen LogP contribution in [0, 0.1) is 5.92 Å². The minimum absolute atomic E-state index is 0.135. The molecule has 1 aromatic rings. The van der Waals surface area contributed by atoms with Crippen molar-refractivity contribution in [2.75, 3.05) is 13.4 Å². The first kappa shape index (κ1) is 18.2. The van der Waals surface area contributed by atoms with E-state index >= 15 is 0 Å². The molecule has 0 aliphatic rings. The Balaban J connectivity index is 2.88.